The fourth-order valence-electron chi connectivity index (χ4n) is 1.65. The molecule has 7 heteroatoms. The Kier molecular flexibility index (Phi) is 5.89. The van der Waals surface area contributed by atoms with Gasteiger partial charge < -0.3 is 4.90 Å². The maximum absolute atomic E-state index is 12.0. The predicted octanol–water partition coefficient (Wildman–Crippen LogP) is 0.573. The molecular weight excluding hydrogens is 264 g/mol. The molecule has 0 aliphatic heterocycles. The fourth-order valence-corrected chi connectivity index (χ4v) is 2.77. The Morgan fingerprint density at radius 1 is 1.42 bits per heavy atom. The molecule has 0 radical (unpaired) electrons. The summed E-state index contributed by atoms with van der Waals surface area (Å²) in [5.41, 5.74) is -0.0853. The molecule has 0 amide bonds. The van der Waals surface area contributed by atoms with Crippen LogP contribution in [0.4, 0.5) is 0 Å². The van der Waals surface area contributed by atoms with Gasteiger partial charge in [-0.2, -0.15) is 5.26 Å². The first kappa shape index (κ1) is 15.6. The van der Waals surface area contributed by atoms with Crippen molar-refractivity contribution in [2.75, 3.05) is 26.2 Å². The van der Waals surface area contributed by atoms with Crippen LogP contribution in [0, 0.1) is 11.3 Å². The zero-order valence-corrected chi connectivity index (χ0v) is 11.9. The summed E-state index contributed by atoms with van der Waals surface area (Å²) >= 11 is 0. The zero-order valence-electron chi connectivity index (χ0n) is 11.1. The van der Waals surface area contributed by atoms with Crippen LogP contribution in [0.15, 0.2) is 23.2 Å². The van der Waals surface area contributed by atoms with Crippen LogP contribution in [0.25, 0.3) is 0 Å². The standard InChI is InChI=1S/C12H18N4O2S/c1-3-16(4-2)9-8-15-19(17,18)12-6-5-7-14-11(12)10-13/h5-7,15H,3-4,8-9H2,1-2H3. The number of hydrogen-bond acceptors (Lipinski definition) is 5. The Bertz CT molecular complexity index is 547. The molecule has 0 unspecified atom stereocenters. The van der Waals surface area contributed by atoms with E-state index in [0.29, 0.717) is 13.1 Å². The molecule has 1 aromatic heterocycles. The van der Waals surface area contributed by atoms with Gasteiger partial charge in [0.25, 0.3) is 0 Å². The third-order valence-electron chi connectivity index (χ3n) is 2.78. The van der Waals surface area contributed by atoms with Crippen molar-refractivity contribution in [3.8, 4) is 6.07 Å². The minimum absolute atomic E-state index is 0.0722. The summed E-state index contributed by atoms with van der Waals surface area (Å²) in [5, 5.41) is 8.86. The molecule has 0 saturated carbocycles. The first-order valence-electron chi connectivity index (χ1n) is 6.12. The van der Waals surface area contributed by atoms with Crippen LogP contribution in [0.1, 0.15) is 19.5 Å². The highest BCUT2D eigenvalue weighted by Crippen LogP contribution is 2.11. The fraction of sp³-hybridized carbons (Fsp3) is 0.500. The average molecular weight is 282 g/mol. The van der Waals surface area contributed by atoms with Gasteiger partial charge in [0, 0.05) is 19.3 Å². The van der Waals surface area contributed by atoms with E-state index in [1.54, 1.807) is 6.07 Å². The summed E-state index contributed by atoms with van der Waals surface area (Å²) in [6.07, 6.45) is 1.40. The van der Waals surface area contributed by atoms with E-state index < -0.39 is 10.0 Å². The Morgan fingerprint density at radius 3 is 2.68 bits per heavy atom. The summed E-state index contributed by atoms with van der Waals surface area (Å²) in [7, 11) is -3.68. The smallest absolute Gasteiger partial charge is 0.243 e. The van der Waals surface area contributed by atoms with E-state index in [4.69, 9.17) is 5.26 Å². The van der Waals surface area contributed by atoms with E-state index in [1.165, 1.54) is 18.3 Å². The third-order valence-corrected chi connectivity index (χ3v) is 4.27. The summed E-state index contributed by atoms with van der Waals surface area (Å²) in [5.74, 6) is 0. The number of rotatable bonds is 7. The Hall–Kier alpha value is -1.49. The van der Waals surface area contributed by atoms with Gasteiger partial charge >= 0.3 is 0 Å². The lowest BCUT2D eigenvalue weighted by Gasteiger charge is -2.18. The number of nitrogens with zero attached hydrogens (tertiary/aromatic N) is 3. The molecule has 0 spiro atoms. The maximum atomic E-state index is 12.0. The molecule has 0 atom stereocenters. The quantitative estimate of drug-likeness (QED) is 0.790. The van der Waals surface area contributed by atoms with Gasteiger partial charge in [0.2, 0.25) is 10.0 Å². The van der Waals surface area contributed by atoms with Crippen molar-refractivity contribution in [1.29, 1.82) is 5.26 Å². The highest BCUT2D eigenvalue weighted by atomic mass is 32.2. The van der Waals surface area contributed by atoms with E-state index in [2.05, 4.69) is 14.6 Å². The van der Waals surface area contributed by atoms with Gasteiger partial charge in [-0.3, -0.25) is 0 Å². The van der Waals surface area contributed by atoms with Crippen molar-refractivity contribution < 1.29 is 8.42 Å². The minimum Gasteiger partial charge on any atom is -0.303 e. The van der Waals surface area contributed by atoms with Gasteiger partial charge in [-0.1, -0.05) is 13.8 Å². The molecule has 0 fully saturated rings. The second kappa shape index (κ2) is 7.19. The number of nitrogens with one attached hydrogen (secondary N) is 1. The monoisotopic (exact) mass is 282 g/mol. The van der Waals surface area contributed by atoms with E-state index in [1.807, 2.05) is 13.8 Å². The van der Waals surface area contributed by atoms with Gasteiger partial charge in [-0.05, 0) is 25.2 Å². The van der Waals surface area contributed by atoms with Crippen LogP contribution in [0.3, 0.4) is 0 Å². The van der Waals surface area contributed by atoms with Gasteiger partial charge in [0.15, 0.2) is 5.69 Å². The number of sulfonamides is 1. The van der Waals surface area contributed by atoms with E-state index >= 15 is 0 Å². The zero-order chi connectivity index (χ0) is 14.3. The highest BCUT2D eigenvalue weighted by Gasteiger charge is 2.18. The summed E-state index contributed by atoms with van der Waals surface area (Å²) in [6.45, 7) is 6.72. The largest absolute Gasteiger partial charge is 0.303 e. The van der Waals surface area contributed by atoms with Crippen molar-refractivity contribution in [3.63, 3.8) is 0 Å². The Balaban J connectivity index is 2.74. The summed E-state index contributed by atoms with van der Waals surface area (Å²) < 4.78 is 26.6. The molecule has 1 aromatic rings. The van der Waals surface area contributed by atoms with Gasteiger partial charge in [-0.15, -0.1) is 0 Å². The number of pyridine rings is 1. The number of hydrogen-bond donors (Lipinski definition) is 1. The Morgan fingerprint density at radius 2 is 2.11 bits per heavy atom. The second-order valence-electron chi connectivity index (χ2n) is 3.89. The third kappa shape index (κ3) is 4.28. The molecule has 1 heterocycles. The molecule has 0 aliphatic rings. The molecule has 0 saturated heterocycles. The van der Waals surface area contributed by atoms with Gasteiger partial charge in [0.05, 0.1) is 0 Å². The summed E-state index contributed by atoms with van der Waals surface area (Å²) in [4.78, 5) is 5.78. The van der Waals surface area contributed by atoms with Crippen molar-refractivity contribution in [3.05, 3.63) is 24.0 Å². The van der Waals surface area contributed by atoms with E-state index in [-0.39, 0.29) is 10.6 Å². The van der Waals surface area contributed by atoms with Crippen molar-refractivity contribution in [2.45, 2.75) is 18.7 Å². The van der Waals surface area contributed by atoms with E-state index in [0.717, 1.165) is 13.1 Å². The van der Waals surface area contributed by atoms with Gasteiger partial charge in [0.1, 0.15) is 11.0 Å². The van der Waals surface area contributed by atoms with Crippen molar-refractivity contribution in [2.24, 2.45) is 0 Å². The van der Waals surface area contributed by atoms with Crippen LogP contribution >= 0.6 is 0 Å². The highest BCUT2D eigenvalue weighted by molar-refractivity contribution is 7.89. The molecule has 6 nitrogen and oxygen atoms in total. The molecule has 104 valence electrons. The molecular formula is C12H18N4O2S. The molecule has 1 rings (SSSR count). The lowest BCUT2D eigenvalue weighted by atomic mass is 10.4. The average Bonchev–Trinajstić information content (AvgIpc) is 2.43. The van der Waals surface area contributed by atoms with E-state index in [9.17, 15) is 8.42 Å². The SMILES string of the molecule is CCN(CC)CCNS(=O)(=O)c1cccnc1C#N. The van der Waals surface area contributed by atoms with Crippen molar-refractivity contribution in [1.82, 2.24) is 14.6 Å². The molecule has 0 bridgehead atoms. The molecule has 0 aromatic carbocycles. The molecule has 0 aliphatic carbocycles. The lowest BCUT2D eigenvalue weighted by Crippen LogP contribution is -2.35. The topological polar surface area (TPSA) is 86.1 Å². The van der Waals surface area contributed by atoms with Gasteiger partial charge in [-0.25, -0.2) is 18.1 Å². The van der Waals surface area contributed by atoms with Crippen LogP contribution in [0.5, 0.6) is 0 Å². The summed E-state index contributed by atoms with van der Waals surface area (Å²) in [6, 6.07) is 4.66. The number of nitriles is 1. The molecule has 19 heavy (non-hydrogen) atoms. The maximum Gasteiger partial charge on any atom is 0.243 e. The van der Waals surface area contributed by atoms with Crippen LogP contribution in [0.2, 0.25) is 0 Å². The first-order chi connectivity index (χ1) is 9.05. The van der Waals surface area contributed by atoms with Crippen LogP contribution < -0.4 is 4.72 Å². The molecule has 1 N–H and O–H groups in total. The minimum atomic E-state index is -3.68. The second-order valence-corrected chi connectivity index (χ2v) is 5.62. The first-order valence-corrected chi connectivity index (χ1v) is 7.60. The number of likely N-dealkylation sites (N-methyl/N-ethyl adjacent to an activating group) is 1. The predicted molar refractivity (Wildman–Crippen MR) is 71.9 cm³/mol. The Labute approximate surface area is 114 Å². The van der Waals surface area contributed by atoms with Crippen LogP contribution in [-0.2, 0) is 10.0 Å². The lowest BCUT2D eigenvalue weighted by molar-refractivity contribution is 0.309. The van der Waals surface area contributed by atoms with Crippen molar-refractivity contribution >= 4 is 10.0 Å². The number of aromatic nitrogens is 1. The normalized spacial score (nSPS) is 11.5. The van der Waals surface area contributed by atoms with Crippen LogP contribution in [-0.4, -0.2) is 44.5 Å².